The van der Waals surface area contributed by atoms with Gasteiger partial charge in [-0.15, -0.1) is 0 Å². The normalized spacial score (nSPS) is 20.9. The molecular weight excluding hydrogens is 230 g/mol. The van der Waals surface area contributed by atoms with E-state index in [1.54, 1.807) is 0 Å². The van der Waals surface area contributed by atoms with Crippen molar-refractivity contribution in [1.82, 2.24) is 9.36 Å². The Labute approximate surface area is 107 Å². The van der Waals surface area contributed by atoms with Gasteiger partial charge in [0.15, 0.2) is 0 Å². The van der Waals surface area contributed by atoms with E-state index in [2.05, 4.69) is 35.4 Å². The summed E-state index contributed by atoms with van der Waals surface area (Å²) in [6.07, 6.45) is 5.61. The quantitative estimate of drug-likeness (QED) is 0.891. The summed E-state index contributed by atoms with van der Waals surface area (Å²) in [5.74, 6) is 2.78. The lowest BCUT2D eigenvalue weighted by Gasteiger charge is -2.16. The highest BCUT2D eigenvalue weighted by atomic mass is 32.1. The van der Waals surface area contributed by atoms with E-state index in [0.717, 1.165) is 22.8 Å². The van der Waals surface area contributed by atoms with Crippen molar-refractivity contribution in [2.45, 2.75) is 57.9 Å². The number of rotatable bonds is 4. The lowest BCUT2D eigenvalue weighted by Crippen LogP contribution is -2.24. The summed E-state index contributed by atoms with van der Waals surface area (Å²) < 4.78 is 4.47. The van der Waals surface area contributed by atoms with Gasteiger partial charge in [-0.05, 0) is 37.5 Å². The zero-order chi connectivity index (χ0) is 12.0. The first-order valence-electron chi connectivity index (χ1n) is 6.65. The largest absolute Gasteiger partial charge is 0.357 e. The Morgan fingerprint density at radius 3 is 2.18 bits per heavy atom. The Hall–Kier alpha value is -0.640. The number of hydrogen-bond acceptors (Lipinski definition) is 4. The van der Waals surface area contributed by atoms with Crippen LogP contribution in [0.25, 0.3) is 0 Å². The number of nitrogens with zero attached hydrogens (tertiary/aromatic N) is 2. The summed E-state index contributed by atoms with van der Waals surface area (Å²) in [4.78, 5) is 4.64. The maximum absolute atomic E-state index is 4.64. The maximum atomic E-state index is 4.64. The first-order valence-corrected chi connectivity index (χ1v) is 7.42. The fraction of sp³-hybridized carbons (Fsp3) is 0.846. The van der Waals surface area contributed by atoms with E-state index in [1.807, 2.05) is 0 Å². The van der Waals surface area contributed by atoms with Gasteiger partial charge in [0.2, 0.25) is 5.13 Å². The Bertz CT molecular complexity index is 387. The molecule has 3 rings (SSSR count). The molecule has 4 heteroatoms. The summed E-state index contributed by atoms with van der Waals surface area (Å²) in [7, 11) is 0. The van der Waals surface area contributed by atoms with E-state index in [4.69, 9.17) is 0 Å². The minimum absolute atomic E-state index is 0.0606. The molecule has 0 unspecified atom stereocenters. The second-order valence-corrected chi connectivity index (χ2v) is 7.27. The third-order valence-electron chi connectivity index (χ3n) is 3.65. The van der Waals surface area contributed by atoms with E-state index < -0.39 is 0 Å². The van der Waals surface area contributed by atoms with Crippen molar-refractivity contribution in [2.24, 2.45) is 11.8 Å². The van der Waals surface area contributed by atoms with Gasteiger partial charge in [0.25, 0.3) is 0 Å². The second-order valence-electron chi connectivity index (χ2n) is 6.52. The lowest BCUT2D eigenvalue weighted by atomic mass is 9.96. The Morgan fingerprint density at radius 1 is 1.18 bits per heavy atom. The summed E-state index contributed by atoms with van der Waals surface area (Å²) in [6, 6.07) is 0.677. The average molecular weight is 251 g/mol. The molecule has 17 heavy (non-hydrogen) atoms. The monoisotopic (exact) mass is 251 g/mol. The van der Waals surface area contributed by atoms with Crippen molar-refractivity contribution in [1.29, 1.82) is 0 Å². The topological polar surface area (TPSA) is 37.8 Å². The van der Waals surface area contributed by atoms with Gasteiger partial charge in [-0.1, -0.05) is 20.8 Å². The molecule has 1 heterocycles. The summed E-state index contributed by atoms with van der Waals surface area (Å²) in [5.41, 5.74) is 0.0606. The standard InChI is InChI=1S/C13H21N3S/c1-13(2,3)11-15-12(17-16-11)14-10(8-4-5-8)9-6-7-9/h8-10H,4-7H2,1-3H3,(H,14,15,16). The van der Waals surface area contributed by atoms with Crippen LogP contribution in [-0.2, 0) is 5.41 Å². The Kier molecular flexibility index (Phi) is 2.65. The number of anilines is 1. The van der Waals surface area contributed by atoms with Gasteiger partial charge >= 0.3 is 0 Å². The summed E-state index contributed by atoms with van der Waals surface area (Å²) >= 11 is 1.52. The molecule has 2 aliphatic rings. The zero-order valence-corrected chi connectivity index (χ0v) is 11.7. The fourth-order valence-corrected chi connectivity index (χ4v) is 3.06. The summed E-state index contributed by atoms with van der Waals surface area (Å²) in [6.45, 7) is 6.49. The van der Waals surface area contributed by atoms with E-state index in [9.17, 15) is 0 Å². The van der Waals surface area contributed by atoms with E-state index >= 15 is 0 Å². The van der Waals surface area contributed by atoms with Crippen LogP contribution in [-0.4, -0.2) is 15.4 Å². The molecule has 3 nitrogen and oxygen atoms in total. The molecule has 1 N–H and O–H groups in total. The molecule has 0 radical (unpaired) electrons. The van der Waals surface area contributed by atoms with Gasteiger partial charge in [-0.25, -0.2) is 4.98 Å². The third-order valence-corrected chi connectivity index (χ3v) is 4.29. The van der Waals surface area contributed by atoms with Crippen molar-refractivity contribution in [3.05, 3.63) is 5.82 Å². The molecule has 1 aromatic heterocycles. The molecular formula is C13H21N3S. The first kappa shape index (κ1) is 11.5. The molecule has 1 aromatic rings. The van der Waals surface area contributed by atoms with E-state index in [0.29, 0.717) is 6.04 Å². The third kappa shape index (κ3) is 2.62. The molecule has 0 aromatic carbocycles. The smallest absolute Gasteiger partial charge is 0.202 e. The van der Waals surface area contributed by atoms with Crippen molar-refractivity contribution in [3.8, 4) is 0 Å². The van der Waals surface area contributed by atoms with Crippen LogP contribution in [0.15, 0.2) is 0 Å². The van der Waals surface area contributed by atoms with Crippen LogP contribution in [0, 0.1) is 11.8 Å². The molecule has 0 amide bonds. The highest BCUT2D eigenvalue weighted by Crippen LogP contribution is 2.46. The Morgan fingerprint density at radius 2 is 1.76 bits per heavy atom. The van der Waals surface area contributed by atoms with Crippen LogP contribution in [0.5, 0.6) is 0 Å². The average Bonchev–Trinajstić information content (AvgIpc) is 3.14. The minimum atomic E-state index is 0.0606. The lowest BCUT2D eigenvalue weighted by molar-refractivity contribution is 0.549. The van der Waals surface area contributed by atoms with Gasteiger partial charge in [0, 0.05) is 23.0 Å². The van der Waals surface area contributed by atoms with Gasteiger partial charge in [-0.3, -0.25) is 0 Å². The van der Waals surface area contributed by atoms with Crippen LogP contribution in [0.1, 0.15) is 52.3 Å². The minimum Gasteiger partial charge on any atom is -0.357 e. The molecule has 0 bridgehead atoms. The molecule has 0 atom stereocenters. The molecule has 0 aliphatic heterocycles. The molecule has 0 saturated heterocycles. The predicted molar refractivity (Wildman–Crippen MR) is 71.5 cm³/mol. The second kappa shape index (κ2) is 3.94. The first-order chi connectivity index (χ1) is 8.04. The van der Waals surface area contributed by atoms with E-state index in [1.165, 1.54) is 37.2 Å². The number of hydrogen-bond donors (Lipinski definition) is 1. The van der Waals surface area contributed by atoms with Crippen LogP contribution >= 0.6 is 11.5 Å². The van der Waals surface area contributed by atoms with Crippen molar-refractivity contribution >= 4 is 16.7 Å². The van der Waals surface area contributed by atoms with Gasteiger partial charge < -0.3 is 5.32 Å². The van der Waals surface area contributed by atoms with Crippen molar-refractivity contribution in [2.75, 3.05) is 5.32 Å². The molecule has 2 fully saturated rings. The predicted octanol–water partition coefficient (Wildman–Crippen LogP) is 3.44. The SMILES string of the molecule is CC(C)(C)c1nsc(NC(C2CC2)C2CC2)n1. The van der Waals surface area contributed by atoms with Gasteiger partial charge in [-0.2, -0.15) is 4.37 Å². The van der Waals surface area contributed by atoms with Crippen LogP contribution in [0.3, 0.4) is 0 Å². The highest BCUT2D eigenvalue weighted by Gasteiger charge is 2.41. The van der Waals surface area contributed by atoms with Gasteiger partial charge in [0.05, 0.1) is 0 Å². The molecule has 2 aliphatic carbocycles. The summed E-state index contributed by atoms with van der Waals surface area (Å²) in [5, 5.41) is 4.67. The van der Waals surface area contributed by atoms with Crippen molar-refractivity contribution in [3.63, 3.8) is 0 Å². The van der Waals surface area contributed by atoms with Crippen molar-refractivity contribution < 1.29 is 0 Å². The van der Waals surface area contributed by atoms with Crippen LogP contribution in [0.2, 0.25) is 0 Å². The molecule has 2 saturated carbocycles. The fourth-order valence-electron chi connectivity index (χ4n) is 2.26. The maximum Gasteiger partial charge on any atom is 0.202 e. The molecule has 0 spiro atoms. The van der Waals surface area contributed by atoms with Gasteiger partial charge in [0.1, 0.15) is 5.82 Å². The van der Waals surface area contributed by atoms with Crippen LogP contribution in [0.4, 0.5) is 5.13 Å². The Balaban J connectivity index is 1.69. The van der Waals surface area contributed by atoms with Crippen LogP contribution < -0.4 is 5.32 Å². The number of nitrogens with one attached hydrogen (secondary N) is 1. The van der Waals surface area contributed by atoms with E-state index in [-0.39, 0.29) is 5.41 Å². The zero-order valence-electron chi connectivity index (χ0n) is 10.9. The number of aromatic nitrogens is 2. The molecule has 94 valence electrons. The highest BCUT2D eigenvalue weighted by molar-refractivity contribution is 7.09.